The molecule has 6 heteroatoms. The van der Waals surface area contributed by atoms with Crippen LogP contribution in [0.2, 0.25) is 18.1 Å². The number of hydrogen-bond acceptors (Lipinski definition) is 2. The predicted molar refractivity (Wildman–Crippen MR) is 100 cm³/mol. The molecule has 1 aromatic carbocycles. The smallest absolute Gasteiger partial charge is 0.247 e. The van der Waals surface area contributed by atoms with E-state index in [-0.39, 0.29) is 5.85 Å². The van der Waals surface area contributed by atoms with Crippen molar-refractivity contribution in [1.82, 2.24) is 9.34 Å². The van der Waals surface area contributed by atoms with Gasteiger partial charge in [-0.1, -0.05) is 51.1 Å². The van der Waals surface area contributed by atoms with Crippen molar-refractivity contribution in [2.75, 3.05) is 27.2 Å². The van der Waals surface area contributed by atoms with Gasteiger partial charge in [-0.2, -0.15) is 0 Å². The molecule has 1 atom stereocenters. The van der Waals surface area contributed by atoms with Gasteiger partial charge < -0.3 is 4.43 Å². The molecule has 23 heavy (non-hydrogen) atoms. The van der Waals surface area contributed by atoms with Gasteiger partial charge in [-0.3, -0.25) is 4.57 Å². The summed E-state index contributed by atoms with van der Waals surface area (Å²) in [5.41, 5.74) is 1.05. The second-order valence-electron chi connectivity index (χ2n) is 6.48. The van der Waals surface area contributed by atoms with Gasteiger partial charge in [-0.15, -0.1) is 0 Å². The van der Waals surface area contributed by atoms with Crippen LogP contribution in [0.4, 0.5) is 0 Å². The topological polar surface area (TPSA) is 32.8 Å². The van der Waals surface area contributed by atoms with E-state index < -0.39 is 15.8 Å². The molecule has 2 rings (SSSR count). The van der Waals surface area contributed by atoms with Crippen LogP contribution in [0.15, 0.2) is 30.3 Å². The predicted octanol–water partition coefficient (Wildman–Crippen LogP) is 4.78. The highest BCUT2D eigenvalue weighted by molar-refractivity contribution is 7.59. The van der Waals surface area contributed by atoms with Gasteiger partial charge in [0.2, 0.25) is 7.44 Å². The lowest BCUT2D eigenvalue weighted by molar-refractivity contribution is 0.243. The first kappa shape index (κ1) is 18.9. The van der Waals surface area contributed by atoms with Crippen LogP contribution >= 0.6 is 7.44 Å². The minimum atomic E-state index is -2.74. The molecule has 0 spiro atoms. The fourth-order valence-corrected chi connectivity index (χ4v) is 9.76. The van der Waals surface area contributed by atoms with Gasteiger partial charge in [0.05, 0.1) is 0 Å². The molecule has 4 nitrogen and oxygen atoms in total. The molecular weight excluding hydrogens is 323 g/mol. The van der Waals surface area contributed by atoms with Crippen molar-refractivity contribution in [1.29, 1.82) is 0 Å². The molecule has 1 heterocycles. The lowest BCUT2D eigenvalue weighted by Crippen LogP contribution is -2.38. The maximum Gasteiger partial charge on any atom is 0.247 e. The average molecular weight is 355 g/mol. The molecule has 0 amide bonds. The van der Waals surface area contributed by atoms with Crippen molar-refractivity contribution in [2.24, 2.45) is 0 Å². The number of nitrogens with zero attached hydrogens (tertiary/aromatic N) is 2. The van der Waals surface area contributed by atoms with Crippen molar-refractivity contribution in [3.8, 4) is 0 Å². The van der Waals surface area contributed by atoms with E-state index in [4.69, 9.17) is 4.43 Å². The van der Waals surface area contributed by atoms with E-state index in [1.165, 1.54) is 0 Å². The Morgan fingerprint density at radius 1 is 1.04 bits per heavy atom. The minimum absolute atomic E-state index is 0.340. The number of rotatable bonds is 7. The zero-order valence-corrected chi connectivity index (χ0v) is 17.1. The standard InChI is InChI=1S/C17H31N2O2PSi/c1-6-23(7-2,8-3)21-17(16-12-10-9-11-13-16)22(20)18(4)14-15-19(22)5/h9-13,17H,6-8,14-15H2,1-5H3. The SMILES string of the molecule is CC[Si](CC)(CC)OC(c1ccccc1)P1(=O)N(C)CCN1C. The van der Waals surface area contributed by atoms with Gasteiger partial charge in [0.15, 0.2) is 14.2 Å². The Bertz CT molecular complexity index is 529. The summed E-state index contributed by atoms with van der Waals surface area (Å²) in [6.07, 6.45) is 0. The van der Waals surface area contributed by atoms with Gasteiger partial charge in [0, 0.05) is 13.1 Å². The van der Waals surface area contributed by atoms with Crippen molar-refractivity contribution >= 4 is 15.8 Å². The molecule has 0 bridgehead atoms. The molecular formula is C17H31N2O2PSi. The maximum atomic E-state index is 14.0. The second-order valence-corrected chi connectivity index (χ2v) is 14.2. The van der Waals surface area contributed by atoms with Crippen LogP contribution in [0, 0.1) is 0 Å². The molecule has 0 radical (unpaired) electrons. The molecule has 0 aromatic heterocycles. The Hall–Kier alpha value is -0.453. The van der Waals surface area contributed by atoms with E-state index in [2.05, 4.69) is 32.9 Å². The Morgan fingerprint density at radius 2 is 1.52 bits per heavy atom. The van der Waals surface area contributed by atoms with Crippen molar-refractivity contribution in [3.63, 3.8) is 0 Å². The maximum absolute atomic E-state index is 14.0. The van der Waals surface area contributed by atoms with E-state index in [0.717, 1.165) is 36.8 Å². The third kappa shape index (κ3) is 3.49. The monoisotopic (exact) mass is 354 g/mol. The first-order chi connectivity index (χ1) is 10.9. The van der Waals surface area contributed by atoms with Gasteiger partial charge >= 0.3 is 0 Å². The summed E-state index contributed by atoms with van der Waals surface area (Å²) in [5.74, 6) is -0.340. The van der Waals surface area contributed by atoms with Crippen LogP contribution < -0.4 is 0 Å². The number of hydrogen-bond donors (Lipinski definition) is 0. The second kappa shape index (κ2) is 7.62. The van der Waals surface area contributed by atoms with Crippen molar-refractivity contribution < 1.29 is 8.99 Å². The summed E-state index contributed by atoms with van der Waals surface area (Å²) in [6, 6.07) is 13.4. The van der Waals surface area contributed by atoms with E-state index in [9.17, 15) is 4.57 Å². The van der Waals surface area contributed by atoms with Crippen LogP contribution in [0.25, 0.3) is 0 Å². The molecule has 0 N–H and O–H groups in total. The molecule has 1 unspecified atom stereocenters. The normalized spacial score (nSPS) is 20.7. The van der Waals surface area contributed by atoms with Gasteiger partial charge in [0.1, 0.15) is 0 Å². The molecule has 1 fully saturated rings. The van der Waals surface area contributed by atoms with Gasteiger partial charge in [0.25, 0.3) is 0 Å². The zero-order chi connectivity index (χ0) is 17.1. The summed E-state index contributed by atoms with van der Waals surface area (Å²) in [6.45, 7) is 8.33. The van der Waals surface area contributed by atoms with E-state index >= 15 is 0 Å². The molecule has 1 aliphatic rings. The van der Waals surface area contributed by atoms with Crippen molar-refractivity contribution in [2.45, 2.75) is 44.7 Å². The molecule has 1 aliphatic heterocycles. The van der Waals surface area contributed by atoms with Gasteiger partial charge in [-0.25, -0.2) is 9.34 Å². The van der Waals surface area contributed by atoms with E-state index in [1.807, 2.05) is 41.6 Å². The Kier molecular flexibility index (Phi) is 6.26. The fraction of sp³-hybridized carbons (Fsp3) is 0.647. The quantitative estimate of drug-likeness (QED) is 0.521. The van der Waals surface area contributed by atoms with Crippen LogP contribution in [0.3, 0.4) is 0 Å². The van der Waals surface area contributed by atoms with Crippen LogP contribution in [0.5, 0.6) is 0 Å². The Labute approximate surface area is 142 Å². The third-order valence-electron chi connectivity index (χ3n) is 5.41. The van der Waals surface area contributed by atoms with E-state index in [1.54, 1.807) is 0 Å². The summed E-state index contributed by atoms with van der Waals surface area (Å²) in [5, 5.41) is 0. The third-order valence-corrected chi connectivity index (χ3v) is 13.6. The summed E-state index contributed by atoms with van der Waals surface area (Å²) >= 11 is 0. The molecule has 130 valence electrons. The molecule has 0 aliphatic carbocycles. The molecule has 1 aromatic rings. The number of likely N-dealkylation sites (N-methyl/N-ethyl adjacent to an activating group) is 2. The largest absolute Gasteiger partial charge is 0.401 e. The summed E-state index contributed by atoms with van der Waals surface area (Å²) < 4.78 is 24.8. The van der Waals surface area contributed by atoms with Crippen LogP contribution in [0.1, 0.15) is 32.2 Å². The first-order valence-corrected chi connectivity index (χ1v) is 12.9. The van der Waals surface area contributed by atoms with Crippen molar-refractivity contribution in [3.05, 3.63) is 35.9 Å². The highest BCUT2D eigenvalue weighted by Gasteiger charge is 2.49. The highest BCUT2D eigenvalue weighted by atomic mass is 31.2. The van der Waals surface area contributed by atoms with Gasteiger partial charge in [-0.05, 0) is 37.8 Å². The average Bonchev–Trinajstić information content (AvgIpc) is 2.86. The van der Waals surface area contributed by atoms with E-state index in [0.29, 0.717) is 0 Å². The first-order valence-electron chi connectivity index (χ1n) is 8.69. The zero-order valence-electron chi connectivity index (χ0n) is 15.2. The Balaban J connectivity index is 2.47. The highest BCUT2D eigenvalue weighted by Crippen LogP contribution is 2.66. The lowest BCUT2D eigenvalue weighted by Gasteiger charge is -2.39. The minimum Gasteiger partial charge on any atom is -0.401 e. The fourth-order valence-electron chi connectivity index (χ4n) is 3.38. The molecule has 0 saturated carbocycles. The number of benzene rings is 1. The molecule has 1 saturated heterocycles. The van der Waals surface area contributed by atoms with Crippen LogP contribution in [-0.4, -0.2) is 44.8 Å². The van der Waals surface area contributed by atoms with Crippen LogP contribution in [-0.2, 0) is 8.99 Å². The Morgan fingerprint density at radius 3 is 1.96 bits per heavy atom. The summed E-state index contributed by atoms with van der Waals surface area (Å²) in [4.78, 5) is 0. The lowest BCUT2D eigenvalue weighted by atomic mass is 10.2. The summed E-state index contributed by atoms with van der Waals surface area (Å²) in [7, 11) is -0.666.